The molecule has 1 saturated heterocycles. The highest BCUT2D eigenvalue weighted by Crippen LogP contribution is 2.28. The van der Waals surface area contributed by atoms with Crippen molar-refractivity contribution < 1.29 is 4.74 Å². The van der Waals surface area contributed by atoms with Gasteiger partial charge in [0.1, 0.15) is 0 Å². The van der Waals surface area contributed by atoms with E-state index in [1.165, 1.54) is 45.1 Å². The summed E-state index contributed by atoms with van der Waals surface area (Å²) in [6.45, 7) is 2.15. The zero-order valence-electron chi connectivity index (χ0n) is 9.17. The van der Waals surface area contributed by atoms with Gasteiger partial charge in [-0.1, -0.05) is 6.08 Å². The molecule has 0 spiro atoms. The third kappa shape index (κ3) is 2.11. The number of hydrogen-bond acceptors (Lipinski definition) is 2. The van der Waals surface area contributed by atoms with E-state index in [0.29, 0.717) is 6.04 Å². The van der Waals surface area contributed by atoms with Crippen LogP contribution < -0.4 is 0 Å². The molecule has 2 aliphatic rings. The minimum atomic E-state index is 0.657. The SMILES string of the molecule is COC[C@H]1CCCN1C1=CCCCC1. The molecule has 0 aromatic heterocycles. The van der Waals surface area contributed by atoms with Crippen molar-refractivity contribution in [3.05, 3.63) is 11.8 Å². The first-order valence-electron chi connectivity index (χ1n) is 5.86. The van der Waals surface area contributed by atoms with Crippen LogP contribution in [0.2, 0.25) is 0 Å². The number of methoxy groups -OCH3 is 1. The normalized spacial score (nSPS) is 27.9. The summed E-state index contributed by atoms with van der Waals surface area (Å²) in [5.41, 5.74) is 1.59. The van der Waals surface area contributed by atoms with Gasteiger partial charge in [0.2, 0.25) is 0 Å². The van der Waals surface area contributed by atoms with E-state index < -0.39 is 0 Å². The molecule has 1 atom stereocenters. The first-order valence-corrected chi connectivity index (χ1v) is 5.86. The molecule has 0 saturated carbocycles. The van der Waals surface area contributed by atoms with Crippen molar-refractivity contribution in [3.8, 4) is 0 Å². The van der Waals surface area contributed by atoms with Gasteiger partial charge in [0, 0.05) is 19.4 Å². The highest BCUT2D eigenvalue weighted by molar-refractivity contribution is 5.07. The second-order valence-electron chi connectivity index (χ2n) is 4.39. The minimum absolute atomic E-state index is 0.657. The predicted molar refractivity (Wildman–Crippen MR) is 58.2 cm³/mol. The summed E-state index contributed by atoms with van der Waals surface area (Å²) in [5, 5.41) is 0. The fraction of sp³-hybridized carbons (Fsp3) is 0.833. The quantitative estimate of drug-likeness (QED) is 0.686. The highest BCUT2D eigenvalue weighted by Gasteiger charge is 2.26. The smallest absolute Gasteiger partial charge is 0.0666 e. The molecular weight excluding hydrogens is 174 g/mol. The van der Waals surface area contributed by atoms with Gasteiger partial charge < -0.3 is 9.64 Å². The molecule has 0 amide bonds. The lowest BCUT2D eigenvalue weighted by Gasteiger charge is -2.30. The molecule has 80 valence electrons. The van der Waals surface area contributed by atoms with Crippen LogP contribution in [0.15, 0.2) is 11.8 Å². The van der Waals surface area contributed by atoms with Crippen LogP contribution in [0, 0.1) is 0 Å². The van der Waals surface area contributed by atoms with Gasteiger partial charge in [0.25, 0.3) is 0 Å². The van der Waals surface area contributed by atoms with E-state index in [-0.39, 0.29) is 0 Å². The zero-order chi connectivity index (χ0) is 9.80. The third-order valence-corrected chi connectivity index (χ3v) is 3.37. The maximum Gasteiger partial charge on any atom is 0.0666 e. The van der Waals surface area contributed by atoms with Crippen LogP contribution in [0.4, 0.5) is 0 Å². The molecule has 1 fully saturated rings. The average Bonchev–Trinajstić information content (AvgIpc) is 2.68. The van der Waals surface area contributed by atoms with E-state index in [1.54, 1.807) is 5.70 Å². The maximum absolute atomic E-state index is 5.28. The molecule has 0 N–H and O–H groups in total. The van der Waals surface area contributed by atoms with Crippen LogP contribution in [0.3, 0.4) is 0 Å². The van der Waals surface area contributed by atoms with E-state index in [2.05, 4.69) is 11.0 Å². The van der Waals surface area contributed by atoms with Gasteiger partial charge in [-0.05, 0) is 38.5 Å². The molecule has 2 heteroatoms. The summed E-state index contributed by atoms with van der Waals surface area (Å²) in [4.78, 5) is 2.59. The molecule has 14 heavy (non-hydrogen) atoms. The number of rotatable bonds is 3. The first kappa shape index (κ1) is 10.0. The predicted octanol–water partition coefficient (Wildman–Crippen LogP) is 2.56. The summed E-state index contributed by atoms with van der Waals surface area (Å²) in [6.07, 6.45) is 10.4. The average molecular weight is 195 g/mol. The van der Waals surface area contributed by atoms with Crippen LogP contribution in [-0.2, 0) is 4.74 Å². The summed E-state index contributed by atoms with van der Waals surface area (Å²) in [5.74, 6) is 0. The molecule has 0 aromatic rings. The van der Waals surface area contributed by atoms with Gasteiger partial charge in [-0.15, -0.1) is 0 Å². The Bertz CT molecular complexity index is 212. The highest BCUT2D eigenvalue weighted by atomic mass is 16.5. The summed E-state index contributed by atoms with van der Waals surface area (Å²) in [6, 6.07) is 0.657. The fourth-order valence-corrected chi connectivity index (χ4v) is 2.66. The van der Waals surface area contributed by atoms with Crippen molar-refractivity contribution in [3.63, 3.8) is 0 Å². The molecule has 0 radical (unpaired) electrons. The second-order valence-corrected chi connectivity index (χ2v) is 4.39. The van der Waals surface area contributed by atoms with E-state index in [0.717, 1.165) is 6.61 Å². The summed E-state index contributed by atoms with van der Waals surface area (Å²) < 4.78 is 5.28. The van der Waals surface area contributed by atoms with Gasteiger partial charge in [0.15, 0.2) is 0 Å². The number of likely N-dealkylation sites (tertiary alicyclic amines) is 1. The molecule has 1 aliphatic carbocycles. The van der Waals surface area contributed by atoms with Gasteiger partial charge in [-0.3, -0.25) is 0 Å². The Hall–Kier alpha value is -0.500. The number of allylic oxidation sites excluding steroid dienone is 2. The van der Waals surface area contributed by atoms with Crippen LogP contribution in [0.1, 0.15) is 38.5 Å². The molecule has 0 unspecified atom stereocenters. The molecule has 2 rings (SSSR count). The van der Waals surface area contributed by atoms with Crippen molar-refractivity contribution in [1.29, 1.82) is 0 Å². The van der Waals surface area contributed by atoms with Crippen LogP contribution in [-0.4, -0.2) is 31.2 Å². The lowest BCUT2D eigenvalue weighted by molar-refractivity contribution is 0.129. The van der Waals surface area contributed by atoms with E-state index >= 15 is 0 Å². The van der Waals surface area contributed by atoms with E-state index in [1.807, 2.05) is 7.11 Å². The van der Waals surface area contributed by atoms with E-state index in [4.69, 9.17) is 4.74 Å². The van der Waals surface area contributed by atoms with Gasteiger partial charge in [0.05, 0.1) is 12.6 Å². The molecule has 1 aliphatic heterocycles. The van der Waals surface area contributed by atoms with Crippen LogP contribution in [0.5, 0.6) is 0 Å². The largest absolute Gasteiger partial charge is 0.383 e. The zero-order valence-corrected chi connectivity index (χ0v) is 9.17. The number of ether oxygens (including phenoxy) is 1. The van der Waals surface area contributed by atoms with Gasteiger partial charge in [-0.25, -0.2) is 0 Å². The molecule has 2 nitrogen and oxygen atoms in total. The van der Waals surface area contributed by atoms with Gasteiger partial charge in [-0.2, -0.15) is 0 Å². The molecule has 1 heterocycles. The van der Waals surface area contributed by atoms with Crippen molar-refractivity contribution in [1.82, 2.24) is 4.90 Å². The summed E-state index contributed by atoms with van der Waals surface area (Å²) >= 11 is 0. The Morgan fingerprint density at radius 1 is 1.43 bits per heavy atom. The van der Waals surface area contributed by atoms with Crippen LogP contribution >= 0.6 is 0 Å². The maximum atomic E-state index is 5.28. The summed E-state index contributed by atoms with van der Waals surface area (Å²) in [7, 11) is 1.81. The topological polar surface area (TPSA) is 12.5 Å². The van der Waals surface area contributed by atoms with Crippen molar-refractivity contribution in [2.24, 2.45) is 0 Å². The Balaban J connectivity index is 1.97. The molecule has 0 bridgehead atoms. The first-order chi connectivity index (χ1) is 6.92. The number of nitrogens with zero attached hydrogens (tertiary/aromatic N) is 1. The van der Waals surface area contributed by atoms with Crippen molar-refractivity contribution >= 4 is 0 Å². The van der Waals surface area contributed by atoms with E-state index in [9.17, 15) is 0 Å². The van der Waals surface area contributed by atoms with Crippen LogP contribution in [0.25, 0.3) is 0 Å². The standard InChI is InChI=1S/C12H21NO/c1-14-10-12-8-5-9-13(12)11-6-3-2-4-7-11/h6,12H,2-5,7-10H2,1H3/t12-/m1/s1. The lowest BCUT2D eigenvalue weighted by atomic mass is 10.0. The minimum Gasteiger partial charge on any atom is -0.383 e. The lowest BCUT2D eigenvalue weighted by Crippen LogP contribution is -2.32. The Labute approximate surface area is 86.9 Å². The Kier molecular flexibility index (Phi) is 3.46. The van der Waals surface area contributed by atoms with Crippen molar-refractivity contribution in [2.75, 3.05) is 20.3 Å². The number of hydrogen-bond donors (Lipinski definition) is 0. The Morgan fingerprint density at radius 2 is 2.36 bits per heavy atom. The fourth-order valence-electron chi connectivity index (χ4n) is 2.66. The van der Waals surface area contributed by atoms with Gasteiger partial charge >= 0.3 is 0 Å². The molecular formula is C12H21NO. The monoisotopic (exact) mass is 195 g/mol. The third-order valence-electron chi connectivity index (χ3n) is 3.37. The van der Waals surface area contributed by atoms with Crippen molar-refractivity contribution in [2.45, 2.75) is 44.6 Å². The Morgan fingerprint density at radius 3 is 3.07 bits per heavy atom. The molecule has 0 aromatic carbocycles. The second kappa shape index (κ2) is 4.83.